The molecule has 0 bridgehead atoms. The van der Waals surface area contributed by atoms with Crippen LogP contribution in [0.1, 0.15) is 5.48 Å². The molecule has 1 heteroatoms. The summed E-state index contributed by atoms with van der Waals surface area (Å²) in [4.78, 5) is 0. The summed E-state index contributed by atoms with van der Waals surface area (Å²) in [5, 5.41) is 1.79. The fourth-order valence-corrected chi connectivity index (χ4v) is 2.99. The highest BCUT2D eigenvalue weighted by atomic mass is 35.5. The fraction of sp³-hybridized carbons (Fsp3) is 0. The number of halogens is 1. The summed E-state index contributed by atoms with van der Waals surface area (Å²) >= 11 is 6.11. The Hall–Kier alpha value is -2.57. The SMILES string of the molecule is [2H]c1c([2H])c(Cl)c([2H])c(-c2cccc3c(-c4ccccc4)cccc23)c1[2H]. The van der Waals surface area contributed by atoms with Gasteiger partial charge >= 0.3 is 0 Å². The van der Waals surface area contributed by atoms with E-state index in [2.05, 4.69) is 0 Å². The van der Waals surface area contributed by atoms with Gasteiger partial charge in [0.15, 0.2) is 0 Å². The van der Waals surface area contributed by atoms with Gasteiger partial charge in [-0.05, 0) is 45.1 Å². The molecule has 0 aliphatic heterocycles. The number of fused-ring (bicyclic) bond motifs is 1. The van der Waals surface area contributed by atoms with E-state index in [0.29, 0.717) is 5.56 Å². The number of benzene rings is 4. The van der Waals surface area contributed by atoms with Crippen molar-refractivity contribution < 1.29 is 5.48 Å². The normalized spacial score (nSPS) is 13.3. The van der Waals surface area contributed by atoms with Crippen LogP contribution in [0.4, 0.5) is 0 Å². The zero-order valence-corrected chi connectivity index (χ0v) is 13.0. The van der Waals surface area contributed by atoms with Crippen LogP contribution in [-0.4, -0.2) is 0 Å². The Bertz CT molecular complexity index is 1140. The lowest BCUT2D eigenvalue weighted by Crippen LogP contribution is -1.85. The van der Waals surface area contributed by atoms with Crippen LogP contribution < -0.4 is 0 Å². The molecule has 0 heterocycles. The van der Waals surface area contributed by atoms with Crippen molar-refractivity contribution in [3.63, 3.8) is 0 Å². The molecule has 4 aromatic carbocycles. The molecule has 0 amide bonds. The Morgan fingerprint density at radius 2 is 1.30 bits per heavy atom. The molecule has 4 rings (SSSR count). The monoisotopic (exact) mass is 318 g/mol. The molecule has 0 unspecified atom stereocenters. The molecule has 0 spiro atoms. The average molecular weight is 319 g/mol. The Labute approximate surface area is 146 Å². The Morgan fingerprint density at radius 1 is 0.652 bits per heavy atom. The zero-order chi connectivity index (χ0) is 19.1. The minimum atomic E-state index is -0.277. The van der Waals surface area contributed by atoms with Gasteiger partial charge in [-0.25, -0.2) is 0 Å². The lowest BCUT2D eigenvalue weighted by molar-refractivity contribution is 1.63. The second-order valence-corrected chi connectivity index (χ2v) is 5.64. The molecule has 0 aliphatic carbocycles. The summed E-state index contributed by atoms with van der Waals surface area (Å²) in [6.45, 7) is 0. The van der Waals surface area contributed by atoms with Crippen LogP contribution in [0.15, 0.2) is 90.9 Å². The fourth-order valence-electron chi connectivity index (χ4n) is 2.85. The van der Waals surface area contributed by atoms with Crippen molar-refractivity contribution >= 4 is 22.4 Å². The van der Waals surface area contributed by atoms with Gasteiger partial charge in [0, 0.05) is 5.02 Å². The first-order chi connectivity index (χ1) is 13.0. The first-order valence-electron chi connectivity index (χ1n) is 9.34. The smallest absolute Gasteiger partial charge is 0.0645 e. The molecule has 0 atom stereocenters. The Kier molecular flexibility index (Phi) is 2.63. The van der Waals surface area contributed by atoms with Gasteiger partial charge in [-0.15, -0.1) is 0 Å². The molecule has 0 aliphatic rings. The van der Waals surface area contributed by atoms with Gasteiger partial charge in [0.2, 0.25) is 0 Å². The third-order valence-electron chi connectivity index (χ3n) is 3.87. The largest absolute Gasteiger partial charge is 0.0843 e. The average Bonchev–Trinajstić information content (AvgIpc) is 2.71. The number of rotatable bonds is 2. The maximum atomic E-state index is 8.35. The summed E-state index contributed by atoms with van der Waals surface area (Å²) in [5.74, 6) is 0. The van der Waals surface area contributed by atoms with Gasteiger partial charge in [0.25, 0.3) is 0 Å². The Balaban J connectivity index is 2.07. The van der Waals surface area contributed by atoms with Gasteiger partial charge < -0.3 is 0 Å². The molecular weight excluding hydrogens is 300 g/mol. The molecule has 0 N–H and O–H groups in total. The lowest BCUT2D eigenvalue weighted by atomic mass is 9.93. The van der Waals surface area contributed by atoms with E-state index in [0.717, 1.165) is 21.9 Å². The van der Waals surface area contributed by atoms with Crippen molar-refractivity contribution in [2.45, 2.75) is 0 Å². The van der Waals surface area contributed by atoms with E-state index in [-0.39, 0.29) is 34.8 Å². The highest BCUT2D eigenvalue weighted by Gasteiger charge is 2.08. The van der Waals surface area contributed by atoms with E-state index < -0.39 is 0 Å². The van der Waals surface area contributed by atoms with Crippen molar-refractivity contribution in [3.8, 4) is 22.3 Å². The highest BCUT2D eigenvalue weighted by molar-refractivity contribution is 6.31. The van der Waals surface area contributed by atoms with Crippen molar-refractivity contribution in [1.82, 2.24) is 0 Å². The van der Waals surface area contributed by atoms with Crippen LogP contribution in [0.5, 0.6) is 0 Å². The standard InChI is InChI=1S/C22H15Cl/c23-18-10-4-9-17(15-18)20-12-6-13-21-19(11-5-14-22(20)21)16-7-2-1-3-8-16/h1-15H/i4D,9D,10D,15D. The summed E-state index contributed by atoms with van der Waals surface area (Å²) in [5.41, 5.74) is 3.10. The summed E-state index contributed by atoms with van der Waals surface area (Å²) < 4.78 is 32.5. The van der Waals surface area contributed by atoms with Crippen LogP contribution in [0.2, 0.25) is 5.02 Å². The molecule has 23 heavy (non-hydrogen) atoms. The molecule has 0 nitrogen and oxygen atoms in total. The van der Waals surface area contributed by atoms with E-state index in [4.69, 9.17) is 17.1 Å². The second-order valence-electron chi connectivity index (χ2n) is 5.26. The maximum absolute atomic E-state index is 8.35. The van der Waals surface area contributed by atoms with Crippen molar-refractivity contribution in [2.75, 3.05) is 0 Å². The second kappa shape index (κ2) is 5.91. The van der Waals surface area contributed by atoms with Crippen LogP contribution in [-0.2, 0) is 0 Å². The molecule has 4 aromatic rings. The zero-order valence-electron chi connectivity index (χ0n) is 16.2. The van der Waals surface area contributed by atoms with E-state index in [9.17, 15) is 0 Å². The van der Waals surface area contributed by atoms with Gasteiger partial charge in [0.05, 0.1) is 5.48 Å². The van der Waals surface area contributed by atoms with Crippen LogP contribution in [0.3, 0.4) is 0 Å². The van der Waals surface area contributed by atoms with E-state index in [1.165, 1.54) is 0 Å². The van der Waals surface area contributed by atoms with E-state index in [1.54, 1.807) is 0 Å². The third kappa shape index (κ3) is 2.62. The highest BCUT2D eigenvalue weighted by Crippen LogP contribution is 2.35. The minimum Gasteiger partial charge on any atom is -0.0843 e. The molecule has 0 fully saturated rings. The van der Waals surface area contributed by atoms with E-state index in [1.807, 2.05) is 66.7 Å². The molecule has 0 radical (unpaired) electrons. The first kappa shape index (κ1) is 10.3. The predicted octanol–water partition coefficient (Wildman–Crippen LogP) is 6.83. The molecule has 0 aromatic heterocycles. The van der Waals surface area contributed by atoms with E-state index >= 15 is 0 Å². The third-order valence-corrected chi connectivity index (χ3v) is 4.06. The molecule has 0 saturated heterocycles. The summed E-state index contributed by atoms with van der Waals surface area (Å²) in [7, 11) is 0. The van der Waals surface area contributed by atoms with Gasteiger partial charge in [-0.1, -0.05) is 90.4 Å². The number of hydrogen-bond acceptors (Lipinski definition) is 0. The van der Waals surface area contributed by atoms with Crippen LogP contribution in [0.25, 0.3) is 33.0 Å². The van der Waals surface area contributed by atoms with Crippen molar-refractivity contribution in [2.24, 2.45) is 0 Å². The number of hydrogen-bond donors (Lipinski definition) is 0. The van der Waals surface area contributed by atoms with Gasteiger partial charge in [-0.3, -0.25) is 0 Å². The summed E-state index contributed by atoms with van der Waals surface area (Å²) in [6.07, 6.45) is 0. The quantitative estimate of drug-likeness (QED) is 0.380. The Morgan fingerprint density at radius 3 is 2.00 bits per heavy atom. The molecule has 110 valence electrons. The molecule has 0 saturated carbocycles. The summed E-state index contributed by atoms with van der Waals surface area (Å²) in [6, 6.07) is 20.9. The van der Waals surface area contributed by atoms with Gasteiger partial charge in [0.1, 0.15) is 0 Å². The van der Waals surface area contributed by atoms with Crippen LogP contribution in [0, 0.1) is 0 Å². The van der Waals surface area contributed by atoms with Gasteiger partial charge in [-0.2, -0.15) is 0 Å². The first-order valence-corrected chi connectivity index (χ1v) is 7.72. The maximum Gasteiger partial charge on any atom is 0.0645 e. The van der Waals surface area contributed by atoms with Crippen molar-refractivity contribution in [3.05, 3.63) is 95.9 Å². The topological polar surface area (TPSA) is 0 Å². The van der Waals surface area contributed by atoms with Crippen LogP contribution >= 0.6 is 11.6 Å². The van der Waals surface area contributed by atoms with Crippen molar-refractivity contribution in [1.29, 1.82) is 0 Å². The lowest BCUT2D eigenvalue weighted by Gasteiger charge is -2.11. The molecular formula is C22H15Cl. The minimum absolute atomic E-state index is 0.0831. The predicted molar refractivity (Wildman–Crippen MR) is 99.8 cm³/mol.